The van der Waals surface area contributed by atoms with E-state index in [1.807, 2.05) is 25.1 Å². The fourth-order valence-corrected chi connectivity index (χ4v) is 3.13. The number of anilines is 1. The lowest BCUT2D eigenvalue weighted by Gasteiger charge is -2.28. The first-order chi connectivity index (χ1) is 10.1. The van der Waals surface area contributed by atoms with E-state index in [9.17, 15) is 4.79 Å². The van der Waals surface area contributed by atoms with Gasteiger partial charge in [0, 0.05) is 22.8 Å². The molecule has 1 aromatic rings. The van der Waals surface area contributed by atoms with Crippen LogP contribution in [0, 0.1) is 12.8 Å². The first-order valence-corrected chi connectivity index (χ1v) is 8.24. The molecule has 1 atom stereocenters. The fourth-order valence-electron chi connectivity index (χ4n) is 2.96. The van der Waals surface area contributed by atoms with Crippen molar-refractivity contribution in [3.63, 3.8) is 0 Å². The quantitative estimate of drug-likeness (QED) is 0.866. The second-order valence-electron chi connectivity index (χ2n) is 6.44. The minimum Gasteiger partial charge on any atom is -0.325 e. The van der Waals surface area contributed by atoms with E-state index in [0.717, 1.165) is 17.2 Å². The average molecular weight is 307 g/mol. The van der Waals surface area contributed by atoms with E-state index in [-0.39, 0.29) is 5.91 Å². The lowest BCUT2D eigenvalue weighted by atomic mass is 10.1. The van der Waals surface area contributed by atoms with E-state index in [4.69, 9.17) is 11.6 Å². The Morgan fingerprint density at radius 2 is 2.10 bits per heavy atom. The van der Waals surface area contributed by atoms with E-state index < -0.39 is 0 Å². The number of hydrogen-bond donors (Lipinski definition) is 1. The van der Waals surface area contributed by atoms with E-state index >= 15 is 0 Å². The molecule has 2 fully saturated rings. The summed E-state index contributed by atoms with van der Waals surface area (Å²) in [5.41, 5.74) is 1.75. The van der Waals surface area contributed by atoms with Crippen LogP contribution in [0.2, 0.25) is 5.02 Å². The lowest BCUT2D eigenvalue weighted by Crippen LogP contribution is -2.42. The van der Waals surface area contributed by atoms with Crippen LogP contribution >= 0.6 is 11.6 Å². The van der Waals surface area contributed by atoms with Crippen molar-refractivity contribution in [1.82, 2.24) is 4.90 Å². The number of benzene rings is 1. The molecule has 4 heteroatoms. The number of hydrogen-bond acceptors (Lipinski definition) is 2. The van der Waals surface area contributed by atoms with Gasteiger partial charge >= 0.3 is 0 Å². The van der Waals surface area contributed by atoms with E-state index in [2.05, 4.69) is 17.1 Å². The second kappa shape index (κ2) is 5.98. The molecule has 0 radical (unpaired) electrons. The summed E-state index contributed by atoms with van der Waals surface area (Å²) in [7, 11) is 0. The summed E-state index contributed by atoms with van der Waals surface area (Å²) in [4.78, 5) is 14.8. The molecule has 0 heterocycles. The van der Waals surface area contributed by atoms with Gasteiger partial charge in [0.25, 0.3) is 0 Å². The number of rotatable bonds is 6. The van der Waals surface area contributed by atoms with Gasteiger partial charge < -0.3 is 5.32 Å². The minimum absolute atomic E-state index is 0.0692. The molecule has 2 aliphatic carbocycles. The van der Waals surface area contributed by atoms with Crippen LogP contribution in [0.3, 0.4) is 0 Å². The summed E-state index contributed by atoms with van der Waals surface area (Å²) in [6, 6.07) is 6.77. The molecular weight excluding hydrogens is 284 g/mol. The van der Waals surface area contributed by atoms with Gasteiger partial charge in [0.05, 0.1) is 6.54 Å². The predicted octanol–water partition coefficient (Wildman–Crippen LogP) is 3.85. The molecule has 0 bridgehead atoms. The topological polar surface area (TPSA) is 32.3 Å². The molecule has 0 aromatic heterocycles. The van der Waals surface area contributed by atoms with E-state index in [0.29, 0.717) is 23.7 Å². The van der Waals surface area contributed by atoms with E-state index in [1.54, 1.807) is 0 Å². The van der Waals surface area contributed by atoms with Crippen molar-refractivity contribution in [3.05, 3.63) is 28.8 Å². The highest BCUT2D eigenvalue weighted by atomic mass is 35.5. The minimum atomic E-state index is 0.0692. The Balaban J connectivity index is 1.63. The molecule has 3 nitrogen and oxygen atoms in total. The van der Waals surface area contributed by atoms with Gasteiger partial charge in [-0.2, -0.15) is 0 Å². The zero-order valence-corrected chi connectivity index (χ0v) is 13.5. The molecule has 0 aliphatic heterocycles. The maximum absolute atomic E-state index is 12.4. The van der Waals surface area contributed by atoms with E-state index in [1.165, 1.54) is 25.7 Å². The number of carbonyl (C=O) groups is 1. The first-order valence-electron chi connectivity index (χ1n) is 7.87. The molecule has 114 valence electrons. The molecular formula is C17H23ClN2O. The Morgan fingerprint density at radius 3 is 2.71 bits per heavy atom. The molecule has 1 aromatic carbocycles. The van der Waals surface area contributed by atoms with Crippen molar-refractivity contribution in [2.45, 2.75) is 51.6 Å². The average Bonchev–Trinajstić information content (AvgIpc) is 3.31. The zero-order chi connectivity index (χ0) is 15.0. The number of carbonyl (C=O) groups excluding carboxylic acids is 1. The van der Waals surface area contributed by atoms with Crippen LogP contribution in [0.25, 0.3) is 0 Å². The molecule has 0 spiro atoms. The molecule has 1 unspecified atom stereocenters. The Bertz CT molecular complexity index is 538. The number of halogens is 1. The molecule has 2 saturated carbocycles. The van der Waals surface area contributed by atoms with Crippen LogP contribution < -0.4 is 5.32 Å². The molecule has 1 N–H and O–H groups in total. The van der Waals surface area contributed by atoms with Gasteiger partial charge in [-0.05, 0) is 63.1 Å². The third kappa shape index (κ3) is 3.58. The maximum atomic E-state index is 12.4. The number of nitrogens with zero attached hydrogens (tertiary/aromatic N) is 1. The van der Waals surface area contributed by atoms with Gasteiger partial charge in [-0.15, -0.1) is 0 Å². The maximum Gasteiger partial charge on any atom is 0.238 e. The predicted molar refractivity (Wildman–Crippen MR) is 86.7 cm³/mol. The van der Waals surface area contributed by atoms with Crippen molar-refractivity contribution in [2.75, 3.05) is 11.9 Å². The molecule has 21 heavy (non-hydrogen) atoms. The van der Waals surface area contributed by atoms with Crippen LogP contribution in [0.4, 0.5) is 5.69 Å². The van der Waals surface area contributed by atoms with Crippen molar-refractivity contribution < 1.29 is 4.79 Å². The van der Waals surface area contributed by atoms with Gasteiger partial charge in [0.15, 0.2) is 0 Å². The Kier molecular flexibility index (Phi) is 4.23. The lowest BCUT2D eigenvalue weighted by molar-refractivity contribution is -0.118. The highest BCUT2D eigenvalue weighted by Crippen LogP contribution is 2.39. The second-order valence-corrected chi connectivity index (χ2v) is 6.85. The van der Waals surface area contributed by atoms with Crippen molar-refractivity contribution in [2.24, 2.45) is 5.92 Å². The monoisotopic (exact) mass is 306 g/mol. The number of nitrogens with one attached hydrogen (secondary N) is 1. The SMILES string of the molecule is Cc1c(Cl)cccc1NC(=O)CN(C1CC1)C(C)C1CC1. The van der Waals surface area contributed by atoms with Crippen LogP contribution in [-0.4, -0.2) is 29.4 Å². The smallest absolute Gasteiger partial charge is 0.238 e. The zero-order valence-electron chi connectivity index (χ0n) is 12.7. The number of amides is 1. The first kappa shape index (κ1) is 14.9. The Labute approximate surface area is 131 Å². The third-order valence-electron chi connectivity index (χ3n) is 4.71. The Morgan fingerprint density at radius 1 is 1.38 bits per heavy atom. The standard InChI is InChI=1S/C17H23ClN2O/c1-11-15(18)4-3-5-16(11)19-17(21)10-20(14-8-9-14)12(2)13-6-7-13/h3-5,12-14H,6-10H2,1-2H3,(H,19,21). The Hall–Kier alpha value is -1.06. The summed E-state index contributed by atoms with van der Waals surface area (Å²) in [5, 5.41) is 3.71. The summed E-state index contributed by atoms with van der Waals surface area (Å²) in [6.45, 7) is 4.70. The molecule has 1 amide bonds. The summed E-state index contributed by atoms with van der Waals surface area (Å²) in [5.74, 6) is 0.867. The highest BCUT2D eigenvalue weighted by molar-refractivity contribution is 6.31. The molecule has 2 aliphatic rings. The summed E-state index contributed by atoms with van der Waals surface area (Å²) >= 11 is 6.10. The normalized spacial score (nSPS) is 19.6. The van der Waals surface area contributed by atoms with Gasteiger partial charge in [-0.1, -0.05) is 17.7 Å². The van der Waals surface area contributed by atoms with Crippen LogP contribution in [-0.2, 0) is 4.79 Å². The van der Waals surface area contributed by atoms with Crippen molar-refractivity contribution in [3.8, 4) is 0 Å². The molecule has 0 saturated heterocycles. The van der Waals surface area contributed by atoms with Crippen molar-refractivity contribution in [1.29, 1.82) is 0 Å². The van der Waals surface area contributed by atoms with Crippen molar-refractivity contribution >= 4 is 23.2 Å². The highest BCUT2D eigenvalue weighted by Gasteiger charge is 2.39. The van der Waals surface area contributed by atoms with Gasteiger partial charge in [-0.25, -0.2) is 0 Å². The van der Waals surface area contributed by atoms with Crippen LogP contribution in [0.1, 0.15) is 38.2 Å². The summed E-state index contributed by atoms with van der Waals surface area (Å²) < 4.78 is 0. The fraction of sp³-hybridized carbons (Fsp3) is 0.588. The molecule has 3 rings (SSSR count). The van der Waals surface area contributed by atoms with Crippen LogP contribution in [0.15, 0.2) is 18.2 Å². The van der Waals surface area contributed by atoms with Crippen LogP contribution in [0.5, 0.6) is 0 Å². The largest absolute Gasteiger partial charge is 0.325 e. The summed E-state index contributed by atoms with van der Waals surface area (Å²) in [6.07, 6.45) is 5.11. The van der Waals surface area contributed by atoms with Gasteiger partial charge in [0.2, 0.25) is 5.91 Å². The van der Waals surface area contributed by atoms with Gasteiger partial charge in [0.1, 0.15) is 0 Å². The van der Waals surface area contributed by atoms with Gasteiger partial charge in [-0.3, -0.25) is 9.69 Å². The third-order valence-corrected chi connectivity index (χ3v) is 5.12.